The lowest BCUT2D eigenvalue weighted by Gasteiger charge is -2.10. The lowest BCUT2D eigenvalue weighted by molar-refractivity contribution is -0.137. The topological polar surface area (TPSA) is 70.0 Å². The van der Waals surface area contributed by atoms with E-state index in [-0.39, 0.29) is 5.97 Å². The fourth-order valence-corrected chi connectivity index (χ4v) is 2.14. The van der Waals surface area contributed by atoms with Crippen molar-refractivity contribution in [2.24, 2.45) is 4.99 Å². The quantitative estimate of drug-likeness (QED) is 0.244. The molecule has 6 heteroatoms. The summed E-state index contributed by atoms with van der Waals surface area (Å²) in [6, 6.07) is 9.75. The maximum atomic E-state index is 9.59. The molecule has 34 heavy (non-hydrogen) atoms. The van der Waals surface area contributed by atoms with Crippen molar-refractivity contribution in [3.8, 4) is 5.75 Å². The summed E-state index contributed by atoms with van der Waals surface area (Å²) in [6.45, 7) is 21.9. The van der Waals surface area contributed by atoms with Gasteiger partial charge in [-0.2, -0.15) is 0 Å². The molecule has 0 bridgehead atoms. The average Bonchev–Trinajstić information content (AvgIpc) is 2.90. The number of aliphatic imine (C=N–C) groups is 1. The number of hydrogen-bond donors (Lipinski definition) is 0. The third-order valence-electron chi connectivity index (χ3n) is 3.71. The van der Waals surface area contributed by atoms with Gasteiger partial charge < -0.3 is 14.2 Å². The second-order valence-corrected chi connectivity index (χ2v) is 5.84. The zero-order chi connectivity index (χ0) is 26.9. The summed E-state index contributed by atoms with van der Waals surface area (Å²) in [6.07, 6.45) is 4.23. The van der Waals surface area contributed by atoms with E-state index in [9.17, 15) is 4.79 Å². The molecule has 0 fully saturated rings. The fraction of sp³-hybridized carbons (Fsp3) is 0.464. The van der Waals surface area contributed by atoms with E-state index >= 15 is 0 Å². The first-order chi connectivity index (χ1) is 16.4. The molecule has 192 valence electrons. The van der Waals surface area contributed by atoms with Crippen molar-refractivity contribution < 1.29 is 19.0 Å². The second-order valence-electron chi connectivity index (χ2n) is 5.84. The van der Waals surface area contributed by atoms with Crippen molar-refractivity contribution in [1.29, 1.82) is 0 Å². The minimum atomic E-state index is -0.245. The Morgan fingerprint density at radius 1 is 1.06 bits per heavy atom. The van der Waals surface area contributed by atoms with E-state index in [0.29, 0.717) is 24.6 Å². The summed E-state index contributed by atoms with van der Waals surface area (Å²) in [5.74, 6) is 1.27. The molecule has 6 nitrogen and oxygen atoms in total. The minimum Gasteiger partial charge on any atom is -0.496 e. The molecule has 1 aromatic carbocycles. The molecule has 0 spiro atoms. The Balaban J connectivity index is -0.000000748. The number of methoxy groups -OCH3 is 2. The molecule has 0 N–H and O–H groups in total. The van der Waals surface area contributed by atoms with Gasteiger partial charge >= 0.3 is 5.97 Å². The first kappa shape index (κ1) is 35.4. The first-order valence-electron chi connectivity index (χ1n) is 11.9. The average molecular weight is 475 g/mol. The largest absolute Gasteiger partial charge is 0.496 e. The number of ether oxygens (including phenoxy) is 3. The molecule has 0 amide bonds. The smallest absolute Gasteiger partial charge is 0.302 e. The molecule has 0 atom stereocenters. The predicted molar refractivity (Wildman–Crippen MR) is 145 cm³/mol. The van der Waals surface area contributed by atoms with Crippen molar-refractivity contribution in [1.82, 2.24) is 4.98 Å². The van der Waals surface area contributed by atoms with Crippen molar-refractivity contribution in [3.05, 3.63) is 66.0 Å². The molecule has 2 aromatic rings. The van der Waals surface area contributed by atoms with Gasteiger partial charge in [-0.05, 0) is 36.8 Å². The van der Waals surface area contributed by atoms with Gasteiger partial charge in [0.1, 0.15) is 12.4 Å². The Hall–Kier alpha value is -3.15. The number of carbonyl (C=O) groups is 1. The van der Waals surface area contributed by atoms with Crippen molar-refractivity contribution in [3.63, 3.8) is 0 Å². The standard InChI is InChI=1S/C19H22N2O2.C3H6O2.3C2H6/c1-5-19(23-13-16-7-6-10-20-12-16)21-15(3)17-8-9-18(22-4)14(2)11-17;1-3(4)5-2;3*1-2/h6-12H,3,5,13H2,1-2,4H3;1-2H3;3*1-2H3. The van der Waals surface area contributed by atoms with Gasteiger partial charge in [0.2, 0.25) is 0 Å². The molecule has 0 saturated heterocycles. The normalized spacial score (nSPS) is 9.09. The van der Waals surface area contributed by atoms with Crippen LogP contribution in [0.2, 0.25) is 0 Å². The highest BCUT2D eigenvalue weighted by Crippen LogP contribution is 2.23. The van der Waals surface area contributed by atoms with E-state index in [2.05, 4.69) is 21.3 Å². The van der Waals surface area contributed by atoms with E-state index in [1.54, 1.807) is 19.5 Å². The van der Waals surface area contributed by atoms with Gasteiger partial charge in [0, 0.05) is 36.9 Å². The number of aryl methyl sites for hydroxylation is 1. The third-order valence-corrected chi connectivity index (χ3v) is 3.71. The van der Waals surface area contributed by atoms with Crippen LogP contribution in [0.1, 0.15) is 78.5 Å². The highest BCUT2D eigenvalue weighted by Gasteiger charge is 2.05. The Bertz CT molecular complexity index is 803. The highest BCUT2D eigenvalue weighted by molar-refractivity contribution is 5.83. The number of benzene rings is 1. The van der Waals surface area contributed by atoms with E-state index in [4.69, 9.17) is 9.47 Å². The Kier molecular flexibility index (Phi) is 25.5. The second kappa shape index (κ2) is 24.5. The van der Waals surface area contributed by atoms with E-state index in [1.807, 2.05) is 85.7 Å². The number of carbonyl (C=O) groups excluding carboxylic acids is 1. The molecule has 0 radical (unpaired) electrons. The van der Waals surface area contributed by atoms with Crippen LogP contribution < -0.4 is 4.74 Å². The number of hydrogen-bond acceptors (Lipinski definition) is 6. The summed E-state index contributed by atoms with van der Waals surface area (Å²) in [5.41, 5.74) is 3.70. The molecular formula is C28H46N2O4. The van der Waals surface area contributed by atoms with Gasteiger partial charge in [-0.25, -0.2) is 4.99 Å². The Morgan fingerprint density at radius 3 is 2.06 bits per heavy atom. The van der Waals surface area contributed by atoms with Crippen LogP contribution in [0.15, 0.2) is 54.3 Å². The molecule has 2 rings (SSSR count). The maximum Gasteiger partial charge on any atom is 0.302 e. The van der Waals surface area contributed by atoms with Crippen LogP contribution in [0.25, 0.3) is 5.70 Å². The van der Waals surface area contributed by atoms with E-state index in [0.717, 1.165) is 22.4 Å². The zero-order valence-corrected chi connectivity index (χ0v) is 23.2. The van der Waals surface area contributed by atoms with Gasteiger partial charge in [0.15, 0.2) is 5.90 Å². The molecular weight excluding hydrogens is 428 g/mol. The zero-order valence-electron chi connectivity index (χ0n) is 23.2. The van der Waals surface area contributed by atoms with Crippen LogP contribution in [-0.2, 0) is 20.9 Å². The number of aromatic nitrogens is 1. The van der Waals surface area contributed by atoms with Gasteiger partial charge in [-0.1, -0.05) is 61.1 Å². The SMILES string of the molecule is C=C(N=C(CC)OCc1cccnc1)c1ccc(OC)c(C)c1.CC.CC.CC.COC(C)=O. The van der Waals surface area contributed by atoms with Crippen molar-refractivity contribution in [2.75, 3.05) is 14.2 Å². The van der Waals surface area contributed by atoms with Gasteiger partial charge in [-0.15, -0.1) is 0 Å². The minimum absolute atomic E-state index is 0.245. The number of nitrogens with zero attached hydrogens (tertiary/aromatic N) is 2. The van der Waals surface area contributed by atoms with Crippen molar-refractivity contribution in [2.45, 2.75) is 75.3 Å². The molecule has 0 aliphatic rings. The molecule has 0 unspecified atom stereocenters. The predicted octanol–water partition coefficient (Wildman–Crippen LogP) is 7.65. The van der Waals surface area contributed by atoms with Crippen LogP contribution >= 0.6 is 0 Å². The van der Waals surface area contributed by atoms with Gasteiger partial charge in [0.25, 0.3) is 0 Å². The first-order valence-corrected chi connectivity index (χ1v) is 11.9. The van der Waals surface area contributed by atoms with Crippen LogP contribution in [0.5, 0.6) is 5.75 Å². The molecule has 0 aliphatic carbocycles. The lowest BCUT2D eigenvalue weighted by atomic mass is 10.1. The maximum absolute atomic E-state index is 9.59. The molecule has 0 aliphatic heterocycles. The monoisotopic (exact) mass is 474 g/mol. The van der Waals surface area contributed by atoms with Gasteiger partial charge in [0.05, 0.1) is 19.9 Å². The highest BCUT2D eigenvalue weighted by atomic mass is 16.5. The summed E-state index contributed by atoms with van der Waals surface area (Å²) in [5, 5.41) is 0. The fourth-order valence-electron chi connectivity index (χ4n) is 2.14. The molecule has 0 saturated carbocycles. The summed E-state index contributed by atoms with van der Waals surface area (Å²) in [7, 11) is 3.01. The number of pyridine rings is 1. The van der Waals surface area contributed by atoms with Crippen molar-refractivity contribution >= 4 is 17.6 Å². The Labute approximate surface area is 208 Å². The van der Waals surface area contributed by atoms with Crippen LogP contribution in [0, 0.1) is 6.92 Å². The summed E-state index contributed by atoms with van der Waals surface area (Å²) < 4.78 is 15.2. The van der Waals surface area contributed by atoms with E-state index in [1.165, 1.54) is 14.0 Å². The number of esters is 1. The lowest BCUT2D eigenvalue weighted by Crippen LogP contribution is -2.04. The Morgan fingerprint density at radius 2 is 1.65 bits per heavy atom. The van der Waals surface area contributed by atoms with Crippen LogP contribution in [0.4, 0.5) is 0 Å². The van der Waals surface area contributed by atoms with Crippen LogP contribution in [0.3, 0.4) is 0 Å². The van der Waals surface area contributed by atoms with E-state index < -0.39 is 0 Å². The number of rotatable bonds is 6. The summed E-state index contributed by atoms with van der Waals surface area (Å²) in [4.78, 5) is 18.2. The summed E-state index contributed by atoms with van der Waals surface area (Å²) >= 11 is 0. The molecule has 1 heterocycles. The third kappa shape index (κ3) is 16.5. The molecule has 1 aromatic heterocycles. The van der Waals surface area contributed by atoms with Gasteiger partial charge in [-0.3, -0.25) is 9.78 Å². The van der Waals surface area contributed by atoms with Crippen LogP contribution in [-0.4, -0.2) is 31.1 Å².